The van der Waals surface area contributed by atoms with Crippen molar-refractivity contribution >= 4 is 11.2 Å². The van der Waals surface area contributed by atoms with E-state index in [1.165, 1.54) is 12.1 Å². The van der Waals surface area contributed by atoms with Crippen molar-refractivity contribution in [3.63, 3.8) is 0 Å². The Kier molecular flexibility index (Phi) is 4.79. The Balaban J connectivity index is 1.75. The molecule has 0 N–H and O–H groups in total. The molecule has 28 heavy (non-hydrogen) atoms. The van der Waals surface area contributed by atoms with Crippen molar-refractivity contribution in [2.75, 3.05) is 6.61 Å². The van der Waals surface area contributed by atoms with Gasteiger partial charge in [-0.15, -0.1) is 5.10 Å². The molecule has 0 aliphatic carbocycles. The largest absolute Gasteiger partial charge is 0.476 e. The second-order valence-corrected chi connectivity index (χ2v) is 5.96. The van der Waals surface area contributed by atoms with Crippen LogP contribution in [0.3, 0.4) is 0 Å². The van der Waals surface area contributed by atoms with E-state index >= 15 is 0 Å². The summed E-state index contributed by atoms with van der Waals surface area (Å²) in [5.41, 5.74) is 1.72. The van der Waals surface area contributed by atoms with Crippen LogP contribution in [0.1, 0.15) is 19.0 Å². The third-order valence-electron chi connectivity index (χ3n) is 3.69. The summed E-state index contributed by atoms with van der Waals surface area (Å²) in [6.07, 6.45) is 0.778. The monoisotopic (exact) mass is 381 g/mol. The van der Waals surface area contributed by atoms with Crippen LogP contribution in [0.25, 0.3) is 22.7 Å². The lowest BCUT2D eigenvalue weighted by Crippen LogP contribution is -2.02. The third kappa shape index (κ3) is 3.73. The topological polar surface area (TPSA) is 96.1 Å². The number of hydrogen-bond donors (Lipinski definition) is 0. The smallest absolute Gasteiger partial charge is 0.330 e. The first-order chi connectivity index (χ1) is 13.6. The Bertz CT molecular complexity index is 1110. The van der Waals surface area contributed by atoms with E-state index in [0.717, 1.165) is 12.1 Å². The number of benzene rings is 1. The van der Waals surface area contributed by atoms with Crippen molar-refractivity contribution in [1.29, 1.82) is 0 Å². The van der Waals surface area contributed by atoms with E-state index < -0.39 is 5.82 Å². The van der Waals surface area contributed by atoms with Gasteiger partial charge in [-0.05, 0) is 37.6 Å². The summed E-state index contributed by atoms with van der Waals surface area (Å²) >= 11 is 0. The molecule has 0 saturated carbocycles. The zero-order valence-corrected chi connectivity index (χ0v) is 15.2. The van der Waals surface area contributed by atoms with Gasteiger partial charge in [0.05, 0.1) is 12.3 Å². The van der Waals surface area contributed by atoms with E-state index in [-0.39, 0.29) is 29.4 Å². The van der Waals surface area contributed by atoms with Crippen molar-refractivity contribution in [1.82, 2.24) is 25.1 Å². The quantitative estimate of drug-likeness (QED) is 0.492. The van der Waals surface area contributed by atoms with E-state index in [0.29, 0.717) is 17.7 Å². The average Bonchev–Trinajstić information content (AvgIpc) is 3.12. The Labute approximate surface area is 159 Å². The van der Waals surface area contributed by atoms with E-state index in [9.17, 15) is 4.39 Å². The first kappa shape index (κ1) is 17.8. The molecule has 0 aliphatic rings. The fourth-order valence-corrected chi connectivity index (χ4v) is 2.40. The molecule has 0 atom stereocenters. The van der Waals surface area contributed by atoms with E-state index in [4.69, 9.17) is 13.9 Å². The molecule has 0 spiro atoms. The summed E-state index contributed by atoms with van der Waals surface area (Å²) < 4.78 is 30.5. The van der Waals surface area contributed by atoms with Crippen molar-refractivity contribution in [3.05, 3.63) is 47.9 Å². The first-order valence-electron chi connectivity index (χ1n) is 8.68. The Hall–Kier alpha value is -3.62. The molecule has 4 aromatic rings. The van der Waals surface area contributed by atoms with Crippen LogP contribution in [0, 0.1) is 12.7 Å². The molecule has 8 nitrogen and oxygen atoms in total. The summed E-state index contributed by atoms with van der Waals surface area (Å²) in [5.74, 6) is 0.261. The molecule has 3 heterocycles. The Morgan fingerprint density at radius 2 is 1.96 bits per heavy atom. The minimum atomic E-state index is -0.393. The highest BCUT2D eigenvalue weighted by atomic mass is 19.1. The maximum atomic E-state index is 13.5. The van der Waals surface area contributed by atoms with Crippen molar-refractivity contribution in [2.24, 2.45) is 0 Å². The van der Waals surface area contributed by atoms with Crippen LogP contribution >= 0.6 is 0 Å². The highest BCUT2D eigenvalue weighted by Crippen LogP contribution is 2.30. The molecular weight excluding hydrogens is 365 g/mol. The summed E-state index contributed by atoms with van der Waals surface area (Å²) in [4.78, 5) is 12.9. The zero-order chi connectivity index (χ0) is 19.5. The fourth-order valence-electron chi connectivity index (χ4n) is 2.40. The van der Waals surface area contributed by atoms with Crippen LogP contribution in [0.15, 0.2) is 40.8 Å². The van der Waals surface area contributed by atoms with Crippen molar-refractivity contribution in [2.45, 2.75) is 20.3 Å². The number of nitrogens with zero attached hydrogens (tertiary/aromatic N) is 5. The maximum absolute atomic E-state index is 13.5. The minimum Gasteiger partial charge on any atom is -0.476 e. The number of hydrogen-bond acceptors (Lipinski definition) is 8. The number of rotatable bonds is 6. The highest BCUT2D eigenvalue weighted by molar-refractivity contribution is 5.77. The summed E-state index contributed by atoms with van der Waals surface area (Å²) in [6, 6.07) is 9.32. The van der Waals surface area contributed by atoms with Crippen LogP contribution < -0.4 is 9.47 Å². The number of fused-ring (bicyclic) bond motifs is 1. The number of aromatic nitrogens is 5. The van der Waals surface area contributed by atoms with Crippen LogP contribution in [0.5, 0.6) is 17.8 Å². The van der Waals surface area contributed by atoms with E-state index in [1.54, 1.807) is 24.3 Å². The number of oxazole rings is 1. The molecule has 4 rings (SSSR count). The SMILES string of the molecule is CCCOc1nc(Oc2ccc(C)nn2)nc2oc(-c3cccc(F)c3)nc12. The van der Waals surface area contributed by atoms with Crippen LogP contribution in [-0.4, -0.2) is 31.8 Å². The molecule has 0 unspecified atom stereocenters. The second kappa shape index (κ2) is 7.55. The van der Waals surface area contributed by atoms with Crippen molar-refractivity contribution < 1.29 is 18.3 Å². The molecule has 9 heteroatoms. The Morgan fingerprint density at radius 1 is 1.07 bits per heavy atom. The molecule has 0 fully saturated rings. The normalized spacial score (nSPS) is 11.0. The van der Waals surface area contributed by atoms with Gasteiger partial charge in [0.1, 0.15) is 5.82 Å². The second-order valence-electron chi connectivity index (χ2n) is 5.96. The minimum absolute atomic E-state index is 0.0151. The lowest BCUT2D eigenvalue weighted by Gasteiger charge is -2.06. The number of halogens is 1. The van der Waals surface area contributed by atoms with Gasteiger partial charge < -0.3 is 13.9 Å². The van der Waals surface area contributed by atoms with E-state index in [2.05, 4.69) is 25.1 Å². The molecule has 142 valence electrons. The molecule has 0 aliphatic heterocycles. The van der Waals surface area contributed by atoms with Crippen LogP contribution in [-0.2, 0) is 0 Å². The standard InChI is InChI=1S/C19H16FN5O3/c1-3-9-26-17-15-18(28-16(21-15)12-5-4-6-13(20)10-12)23-19(22-17)27-14-8-7-11(2)24-25-14/h4-8,10H,3,9H2,1-2H3. The van der Waals surface area contributed by atoms with Crippen LogP contribution in [0.4, 0.5) is 4.39 Å². The Morgan fingerprint density at radius 3 is 2.71 bits per heavy atom. The number of ether oxygens (including phenoxy) is 2. The van der Waals surface area contributed by atoms with Gasteiger partial charge in [-0.3, -0.25) is 0 Å². The van der Waals surface area contributed by atoms with Gasteiger partial charge >= 0.3 is 6.01 Å². The molecule has 0 radical (unpaired) electrons. The number of aryl methyl sites for hydroxylation is 1. The predicted molar refractivity (Wildman–Crippen MR) is 97.6 cm³/mol. The van der Waals surface area contributed by atoms with Gasteiger partial charge in [-0.1, -0.05) is 13.0 Å². The third-order valence-corrected chi connectivity index (χ3v) is 3.69. The zero-order valence-electron chi connectivity index (χ0n) is 15.2. The molecular formula is C19H16FN5O3. The molecule has 0 bridgehead atoms. The maximum Gasteiger partial charge on any atom is 0.330 e. The van der Waals surface area contributed by atoms with Crippen molar-refractivity contribution in [3.8, 4) is 29.2 Å². The molecule has 3 aromatic heterocycles. The van der Waals surface area contributed by atoms with Gasteiger partial charge in [-0.2, -0.15) is 15.1 Å². The van der Waals surface area contributed by atoms with Gasteiger partial charge in [-0.25, -0.2) is 9.37 Å². The molecule has 1 aromatic carbocycles. The molecule has 0 amide bonds. The first-order valence-corrected chi connectivity index (χ1v) is 8.68. The van der Waals surface area contributed by atoms with Gasteiger partial charge in [0.15, 0.2) is 5.52 Å². The summed E-state index contributed by atoms with van der Waals surface area (Å²) in [5, 5.41) is 7.86. The van der Waals surface area contributed by atoms with E-state index in [1.807, 2.05) is 13.8 Å². The molecule has 0 saturated heterocycles. The fraction of sp³-hybridized carbons (Fsp3) is 0.211. The summed E-state index contributed by atoms with van der Waals surface area (Å²) in [7, 11) is 0. The van der Waals surface area contributed by atoms with Gasteiger partial charge in [0.25, 0.3) is 11.6 Å². The van der Waals surface area contributed by atoms with Gasteiger partial charge in [0, 0.05) is 11.6 Å². The predicted octanol–water partition coefficient (Wildman–Crippen LogP) is 4.10. The highest BCUT2D eigenvalue weighted by Gasteiger charge is 2.19. The van der Waals surface area contributed by atoms with Crippen LogP contribution in [0.2, 0.25) is 0 Å². The average molecular weight is 381 g/mol. The summed E-state index contributed by atoms with van der Waals surface area (Å²) in [6.45, 7) is 4.22. The lowest BCUT2D eigenvalue weighted by atomic mass is 10.2. The van der Waals surface area contributed by atoms with Gasteiger partial charge in [0.2, 0.25) is 11.8 Å². The lowest BCUT2D eigenvalue weighted by molar-refractivity contribution is 0.301.